The summed E-state index contributed by atoms with van der Waals surface area (Å²) >= 11 is 0. The van der Waals surface area contributed by atoms with Crippen molar-refractivity contribution in [2.75, 3.05) is 0 Å². The fourth-order valence-corrected chi connectivity index (χ4v) is 1.68. The maximum absolute atomic E-state index is 2.26. The van der Waals surface area contributed by atoms with Crippen molar-refractivity contribution in [2.45, 2.75) is 25.7 Å². The molecule has 0 saturated carbocycles. The molecule has 1 aromatic rings. The van der Waals surface area contributed by atoms with Gasteiger partial charge in [0.1, 0.15) is 0 Å². The van der Waals surface area contributed by atoms with Gasteiger partial charge in [0.15, 0.2) is 0 Å². The third-order valence-corrected chi connectivity index (χ3v) is 2.26. The van der Waals surface area contributed by atoms with Crippen molar-refractivity contribution in [3.8, 4) is 0 Å². The van der Waals surface area contributed by atoms with Crippen LogP contribution in [0.1, 0.15) is 24.0 Å². The molecular weight excluding hydrogens is 152 g/mol. The molecule has 0 fully saturated rings. The summed E-state index contributed by atoms with van der Waals surface area (Å²) in [5.74, 6) is 0. The van der Waals surface area contributed by atoms with Gasteiger partial charge in [-0.15, -0.1) is 0 Å². The molecule has 0 aromatic heterocycles. The second-order valence-corrected chi connectivity index (χ2v) is 2.98. The molecule has 0 bridgehead atoms. The van der Waals surface area contributed by atoms with Crippen LogP contribution < -0.4 is 0 Å². The molecule has 2 nitrogen and oxygen atoms in total. The standard InChI is InChI=1S/C10H12.2H2O/c1-2-6-10-8-4-3-7-9(10)5-1;;/h1-2,5-6H,3-4,7-8H2;2*1H2. The molecule has 1 aliphatic rings. The lowest BCUT2D eigenvalue weighted by Gasteiger charge is -2.13. The van der Waals surface area contributed by atoms with E-state index in [1.54, 1.807) is 11.1 Å². The van der Waals surface area contributed by atoms with E-state index in [0.29, 0.717) is 0 Å². The minimum absolute atomic E-state index is 0. The Hall–Kier alpha value is -0.860. The zero-order valence-electron chi connectivity index (χ0n) is 7.14. The number of aryl methyl sites for hydroxylation is 2. The lowest BCUT2D eigenvalue weighted by molar-refractivity contribution is 0.685. The lowest BCUT2D eigenvalue weighted by Crippen LogP contribution is -2.00. The molecule has 1 aromatic carbocycles. The zero-order chi connectivity index (χ0) is 6.81. The van der Waals surface area contributed by atoms with Gasteiger partial charge < -0.3 is 11.0 Å². The van der Waals surface area contributed by atoms with Crippen molar-refractivity contribution in [2.24, 2.45) is 0 Å². The third-order valence-electron chi connectivity index (χ3n) is 2.26. The molecular formula is C10H16O2. The van der Waals surface area contributed by atoms with Crippen LogP contribution in [-0.4, -0.2) is 11.0 Å². The van der Waals surface area contributed by atoms with Crippen LogP contribution in [0.15, 0.2) is 24.3 Å². The molecule has 0 aliphatic heterocycles. The van der Waals surface area contributed by atoms with Crippen molar-refractivity contribution in [1.82, 2.24) is 0 Å². The largest absolute Gasteiger partial charge is 0.412 e. The Morgan fingerprint density at radius 3 is 1.58 bits per heavy atom. The summed E-state index contributed by atoms with van der Waals surface area (Å²) in [5, 5.41) is 0. The summed E-state index contributed by atoms with van der Waals surface area (Å²) in [6.07, 6.45) is 5.38. The van der Waals surface area contributed by atoms with Gasteiger partial charge in [-0.2, -0.15) is 0 Å². The van der Waals surface area contributed by atoms with Crippen LogP contribution in [0.4, 0.5) is 0 Å². The highest BCUT2D eigenvalue weighted by molar-refractivity contribution is 5.28. The average Bonchev–Trinajstić information content (AvgIpc) is 2.05. The van der Waals surface area contributed by atoms with Crippen LogP contribution in [0.3, 0.4) is 0 Å². The maximum Gasteiger partial charge on any atom is -0.0276 e. The summed E-state index contributed by atoms with van der Waals surface area (Å²) in [6.45, 7) is 0. The average molecular weight is 168 g/mol. The first-order chi connectivity index (χ1) is 4.97. The van der Waals surface area contributed by atoms with Gasteiger partial charge in [-0.05, 0) is 36.8 Å². The third kappa shape index (κ3) is 2.06. The van der Waals surface area contributed by atoms with E-state index in [2.05, 4.69) is 24.3 Å². The topological polar surface area (TPSA) is 63.0 Å². The number of rotatable bonds is 0. The molecule has 2 rings (SSSR count). The van der Waals surface area contributed by atoms with Gasteiger partial charge in [0.05, 0.1) is 0 Å². The normalized spacial score (nSPS) is 13.7. The lowest BCUT2D eigenvalue weighted by atomic mass is 9.92. The van der Waals surface area contributed by atoms with Crippen molar-refractivity contribution >= 4 is 0 Å². The van der Waals surface area contributed by atoms with E-state index in [4.69, 9.17) is 0 Å². The number of hydrogen-bond donors (Lipinski definition) is 0. The first-order valence-electron chi connectivity index (χ1n) is 4.03. The van der Waals surface area contributed by atoms with Crippen molar-refractivity contribution in [3.63, 3.8) is 0 Å². The second-order valence-electron chi connectivity index (χ2n) is 2.98. The molecule has 4 N–H and O–H groups in total. The summed E-state index contributed by atoms with van der Waals surface area (Å²) in [5.41, 5.74) is 3.16. The Balaban J connectivity index is 0.000000605. The van der Waals surface area contributed by atoms with Crippen molar-refractivity contribution < 1.29 is 11.0 Å². The van der Waals surface area contributed by atoms with E-state index in [9.17, 15) is 0 Å². The van der Waals surface area contributed by atoms with Crippen LogP contribution in [0, 0.1) is 0 Å². The minimum atomic E-state index is 0. The Labute approximate surface area is 72.8 Å². The van der Waals surface area contributed by atoms with Crippen LogP contribution in [0.25, 0.3) is 0 Å². The van der Waals surface area contributed by atoms with E-state index in [0.717, 1.165) is 0 Å². The second kappa shape index (κ2) is 4.91. The quantitative estimate of drug-likeness (QED) is 0.553. The van der Waals surface area contributed by atoms with E-state index < -0.39 is 0 Å². The fraction of sp³-hybridized carbons (Fsp3) is 0.400. The SMILES string of the molecule is O.O.c1ccc2c(c1)CCCC2. The molecule has 0 heterocycles. The smallest absolute Gasteiger partial charge is 0.0276 e. The van der Waals surface area contributed by atoms with E-state index in [1.165, 1.54) is 25.7 Å². The van der Waals surface area contributed by atoms with Crippen LogP contribution in [0.2, 0.25) is 0 Å². The van der Waals surface area contributed by atoms with Gasteiger partial charge >= 0.3 is 0 Å². The van der Waals surface area contributed by atoms with Gasteiger partial charge in [-0.1, -0.05) is 24.3 Å². The predicted molar refractivity (Wildman–Crippen MR) is 50.3 cm³/mol. The van der Waals surface area contributed by atoms with Crippen molar-refractivity contribution in [1.29, 1.82) is 0 Å². The minimum Gasteiger partial charge on any atom is -0.412 e. The highest BCUT2D eigenvalue weighted by Crippen LogP contribution is 2.19. The fourth-order valence-electron chi connectivity index (χ4n) is 1.68. The zero-order valence-corrected chi connectivity index (χ0v) is 7.14. The van der Waals surface area contributed by atoms with Crippen molar-refractivity contribution in [3.05, 3.63) is 35.4 Å². The Morgan fingerprint density at radius 1 is 0.750 bits per heavy atom. The molecule has 0 radical (unpaired) electrons. The molecule has 0 saturated heterocycles. The van der Waals surface area contributed by atoms with E-state index in [-0.39, 0.29) is 11.0 Å². The maximum atomic E-state index is 2.26. The Bertz CT molecular complexity index is 208. The molecule has 0 spiro atoms. The van der Waals surface area contributed by atoms with Crippen LogP contribution in [0.5, 0.6) is 0 Å². The summed E-state index contributed by atoms with van der Waals surface area (Å²) in [6, 6.07) is 8.80. The first-order valence-corrected chi connectivity index (χ1v) is 4.03. The molecule has 12 heavy (non-hydrogen) atoms. The molecule has 0 atom stereocenters. The predicted octanol–water partition coefficient (Wildman–Crippen LogP) is 0.916. The summed E-state index contributed by atoms with van der Waals surface area (Å²) in [7, 11) is 0. The number of hydrogen-bond acceptors (Lipinski definition) is 0. The Kier molecular flexibility index (Phi) is 4.55. The summed E-state index contributed by atoms with van der Waals surface area (Å²) < 4.78 is 0. The van der Waals surface area contributed by atoms with Gasteiger partial charge in [0.25, 0.3) is 0 Å². The molecule has 0 unspecified atom stereocenters. The highest BCUT2D eigenvalue weighted by Gasteiger charge is 2.05. The van der Waals surface area contributed by atoms with Gasteiger partial charge in [0, 0.05) is 0 Å². The number of fused-ring (bicyclic) bond motifs is 1. The molecule has 2 heteroatoms. The first kappa shape index (κ1) is 11.1. The molecule has 1 aliphatic carbocycles. The molecule has 68 valence electrons. The van der Waals surface area contributed by atoms with E-state index >= 15 is 0 Å². The van der Waals surface area contributed by atoms with Gasteiger partial charge in [-0.25, -0.2) is 0 Å². The van der Waals surface area contributed by atoms with Crippen LogP contribution in [-0.2, 0) is 12.8 Å². The molecule has 0 amide bonds. The monoisotopic (exact) mass is 168 g/mol. The highest BCUT2D eigenvalue weighted by atomic mass is 16.0. The summed E-state index contributed by atoms with van der Waals surface area (Å²) in [4.78, 5) is 0. The van der Waals surface area contributed by atoms with E-state index in [1.807, 2.05) is 0 Å². The van der Waals surface area contributed by atoms with Gasteiger partial charge in [0.2, 0.25) is 0 Å². The Morgan fingerprint density at radius 2 is 1.17 bits per heavy atom. The number of benzene rings is 1. The van der Waals surface area contributed by atoms with Crippen LogP contribution >= 0.6 is 0 Å². The van der Waals surface area contributed by atoms with Gasteiger partial charge in [-0.3, -0.25) is 0 Å².